The van der Waals surface area contributed by atoms with Gasteiger partial charge in [0, 0.05) is 4.90 Å². The van der Waals surface area contributed by atoms with Crippen molar-refractivity contribution < 1.29 is 4.21 Å². The zero-order chi connectivity index (χ0) is 11.8. The summed E-state index contributed by atoms with van der Waals surface area (Å²) in [5, 5.41) is 0. The molecule has 0 heterocycles. The van der Waals surface area contributed by atoms with Gasteiger partial charge in [-0.05, 0) is 18.6 Å². The molecule has 2 unspecified atom stereocenters. The van der Waals surface area contributed by atoms with Crippen LogP contribution >= 0.6 is 11.6 Å². The van der Waals surface area contributed by atoms with E-state index in [1.807, 2.05) is 30.3 Å². The van der Waals surface area contributed by atoms with Gasteiger partial charge in [0.1, 0.15) is 4.71 Å². The maximum Gasteiger partial charge on any atom is 0.113 e. The van der Waals surface area contributed by atoms with E-state index >= 15 is 0 Å². The largest absolute Gasteiger partial charge is 0.253 e. The fraction of sp³-hybridized carbons (Fsp3) is 0.538. The van der Waals surface area contributed by atoms with E-state index in [4.69, 9.17) is 11.6 Å². The first-order chi connectivity index (χ1) is 7.75. The molecule has 0 aromatic heterocycles. The van der Waals surface area contributed by atoms with Crippen LogP contribution in [-0.2, 0) is 10.8 Å². The normalized spacial score (nSPS) is 14.6. The van der Waals surface area contributed by atoms with Gasteiger partial charge in [0.05, 0.1) is 10.8 Å². The van der Waals surface area contributed by atoms with Crippen molar-refractivity contribution in [2.45, 2.75) is 48.6 Å². The van der Waals surface area contributed by atoms with Gasteiger partial charge in [0.15, 0.2) is 0 Å². The molecule has 90 valence electrons. The van der Waals surface area contributed by atoms with Gasteiger partial charge < -0.3 is 0 Å². The van der Waals surface area contributed by atoms with Crippen LogP contribution in [0.15, 0.2) is 35.2 Å². The molecule has 0 saturated heterocycles. The zero-order valence-electron chi connectivity index (χ0n) is 9.69. The van der Waals surface area contributed by atoms with Crippen LogP contribution in [0.2, 0.25) is 0 Å². The van der Waals surface area contributed by atoms with E-state index in [1.54, 1.807) is 0 Å². The Kier molecular flexibility index (Phi) is 6.74. The van der Waals surface area contributed by atoms with Crippen molar-refractivity contribution >= 4 is 22.4 Å². The van der Waals surface area contributed by atoms with Crippen LogP contribution < -0.4 is 0 Å². The van der Waals surface area contributed by atoms with E-state index < -0.39 is 10.8 Å². The van der Waals surface area contributed by atoms with Gasteiger partial charge in [-0.1, -0.05) is 50.8 Å². The van der Waals surface area contributed by atoms with Crippen LogP contribution in [0.4, 0.5) is 0 Å². The third-order valence-corrected chi connectivity index (χ3v) is 4.63. The number of hydrogen-bond acceptors (Lipinski definition) is 1. The standard InChI is InChI=1S/C13H19ClOS/c1-2-3-4-8-11-13(14)16(15)12-9-6-5-7-10-12/h5-7,9-10,13H,2-4,8,11H2,1H3. The molecule has 3 heteroatoms. The summed E-state index contributed by atoms with van der Waals surface area (Å²) < 4.78 is 11.7. The average molecular weight is 259 g/mol. The van der Waals surface area contributed by atoms with Gasteiger partial charge in [-0.15, -0.1) is 11.6 Å². The smallest absolute Gasteiger partial charge is 0.113 e. The molecular weight excluding hydrogens is 240 g/mol. The molecule has 0 aliphatic rings. The fourth-order valence-electron chi connectivity index (χ4n) is 1.54. The van der Waals surface area contributed by atoms with Crippen LogP contribution in [0.25, 0.3) is 0 Å². The third-order valence-electron chi connectivity index (χ3n) is 2.49. The van der Waals surface area contributed by atoms with Gasteiger partial charge in [-0.3, -0.25) is 4.21 Å². The highest BCUT2D eigenvalue weighted by atomic mass is 35.5. The molecule has 1 nitrogen and oxygen atoms in total. The second-order valence-electron chi connectivity index (χ2n) is 3.87. The summed E-state index contributed by atoms with van der Waals surface area (Å²) in [6.45, 7) is 2.18. The molecule has 0 N–H and O–H groups in total. The second kappa shape index (κ2) is 7.86. The highest BCUT2D eigenvalue weighted by Crippen LogP contribution is 2.19. The van der Waals surface area contributed by atoms with Gasteiger partial charge in [0.2, 0.25) is 0 Å². The van der Waals surface area contributed by atoms with Gasteiger partial charge >= 0.3 is 0 Å². The number of unbranched alkanes of at least 4 members (excludes halogenated alkanes) is 3. The van der Waals surface area contributed by atoms with Crippen LogP contribution in [-0.4, -0.2) is 8.92 Å². The average Bonchev–Trinajstić information content (AvgIpc) is 2.34. The van der Waals surface area contributed by atoms with E-state index in [0.717, 1.165) is 17.7 Å². The molecular formula is C13H19ClOS. The van der Waals surface area contributed by atoms with Gasteiger partial charge in [-0.25, -0.2) is 0 Å². The predicted molar refractivity (Wildman–Crippen MR) is 71.3 cm³/mol. The summed E-state index contributed by atoms with van der Waals surface area (Å²) in [7, 11) is -1.07. The Labute approximate surface area is 106 Å². The number of rotatable bonds is 7. The molecule has 16 heavy (non-hydrogen) atoms. The molecule has 0 radical (unpaired) electrons. The van der Waals surface area contributed by atoms with E-state index in [9.17, 15) is 4.21 Å². The number of halogens is 1. The Morgan fingerprint density at radius 3 is 2.50 bits per heavy atom. The molecule has 2 atom stereocenters. The van der Waals surface area contributed by atoms with Crippen molar-refractivity contribution in [2.75, 3.05) is 0 Å². The van der Waals surface area contributed by atoms with Crippen molar-refractivity contribution in [2.24, 2.45) is 0 Å². The minimum absolute atomic E-state index is 0.251. The lowest BCUT2D eigenvalue weighted by molar-refractivity contribution is 0.638. The van der Waals surface area contributed by atoms with Gasteiger partial charge in [-0.2, -0.15) is 0 Å². The van der Waals surface area contributed by atoms with E-state index in [1.165, 1.54) is 19.3 Å². The van der Waals surface area contributed by atoms with E-state index in [2.05, 4.69) is 6.92 Å². The highest BCUT2D eigenvalue weighted by molar-refractivity contribution is 7.87. The number of hydrogen-bond donors (Lipinski definition) is 0. The lowest BCUT2D eigenvalue weighted by Crippen LogP contribution is -2.07. The maximum absolute atomic E-state index is 12.0. The summed E-state index contributed by atoms with van der Waals surface area (Å²) in [6.07, 6.45) is 5.55. The Balaban J connectivity index is 2.37. The molecule has 1 rings (SSSR count). The molecule has 0 aliphatic heterocycles. The first-order valence-electron chi connectivity index (χ1n) is 5.85. The number of alkyl halides is 1. The Morgan fingerprint density at radius 2 is 1.88 bits per heavy atom. The maximum atomic E-state index is 12.0. The fourth-order valence-corrected chi connectivity index (χ4v) is 3.11. The van der Waals surface area contributed by atoms with Crippen LogP contribution in [0, 0.1) is 0 Å². The minimum Gasteiger partial charge on any atom is -0.253 e. The van der Waals surface area contributed by atoms with Crippen molar-refractivity contribution in [1.29, 1.82) is 0 Å². The predicted octanol–water partition coefficient (Wildman–Crippen LogP) is 4.33. The lowest BCUT2D eigenvalue weighted by Gasteiger charge is -2.09. The van der Waals surface area contributed by atoms with Crippen LogP contribution in [0.3, 0.4) is 0 Å². The Morgan fingerprint density at radius 1 is 1.19 bits per heavy atom. The van der Waals surface area contributed by atoms with Crippen LogP contribution in [0.5, 0.6) is 0 Å². The molecule has 1 aromatic carbocycles. The Bertz CT molecular complexity index is 313. The third kappa shape index (κ3) is 4.67. The molecule has 0 saturated carbocycles. The highest BCUT2D eigenvalue weighted by Gasteiger charge is 2.14. The monoisotopic (exact) mass is 258 g/mol. The van der Waals surface area contributed by atoms with Gasteiger partial charge in [0.25, 0.3) is 0 Å². The molecule has 1 aromatic rings. The van der Waals surface area contributed by atoms with Crippen molar-refractivity contribution in [3.05, 3.63) is 30.3 Å². The second-order valence-corrected chi connectivity index (χ2v) is 6.29. The SMILES string of the molecule is CCCCCCC(Cl)S(=O)c1ccccc1. The summed E-state index contributed by atoms with van der Waals surface area (Å²) in [6, 6.07) is 9.46. The number of benzene rings is 1. The van der Waals surface area contributed by atoms with E-state index in [0.29, 0.717) is 0 Å². The molecule has 0 aliphatic carbocycles. The summed E-state index contributed by atoms with van der Waals surface area (Å²) >= 11 is 6.14. The summed E-state index contributed by atoms with van der Waals surface area (Å²) in [5.74, 6) is 0. The molecule has 0 spiro atoms. The van der Waals surface area contributed by atoms with Crippen molar-refractivity contribution in [3.63, 3.8) is 0 Å². The zero-order valence-corrected chi connectivity index (χ0v) is 11.3. The summed E-state index contributed by atoms with van der Waals surface area (Å²) in [4.78, 5) is 0.831. The first-order valence-corrected chi connectivity index (χ1v) is 7.50. The molecule has 0 fully saturated rings. The topological polar surface area (TPSA) is 17.1 Å². The molecule has 0 bridgehead atoms. The first kappa shape index (κ1) is 13.7. The summed E-state index contributed by atoms with van der Waals surface area (Å²) in [5.41, 5.74) is 0. The Hall–Kier alpha value is -0.340. The van der Waals surface area contributed by atoms with Crippen molar-refractivity contribution in [1.82, 2.24) is 0 Å². The van der Waals surface area contributed by atoms with Crippen molar-refractivity contribution in [3.8, 4) is 0 Å². The van der Waals surface area contributed by atoms with E-state index in [-0.39, 0.29) is 4.71 Å². The minimum atomic E-state index is -1.07. The quantitative estimate of drug-likeness (QED) is 0.526. The lowest BCUT2D eigenvalue weighted by atomic mass is 10.2. The van der Waals surface area contributed by atoms with Crippen LogP contribution in [0.1, 0.15) is 39.0 Å². The molecule has 0 amide bonds.